The minimum absolute atomic E-state index is 0.199. The van der Waals surface area contributed by atoms with E-state index < -0.39 is 5.97 Å². The van der Waals surface area contributed by atoms with Crippen LogP contribution < -0.4 is 0 Å². The molecule has 0 saturated carbocycles. The third kappa shape index (κ3) is 2.65. The lowest BCUT2D eigenvalue weighted by Gasteiger charge is -2.09. The molecule has 0 spiro atoms. The second kappa shape index (κ2) is 5.54. The number of carboxylic acids is 1. The molecule has 1 heterocycles. The highest BCUT2D eigenvalue weighted by Gasteiger charge is 2.11. The van der Waals surface area contributed by atoms with E-state index in [9.17, 15) is 4.79 Å². The summed E-state index contributed by atoms with van der Waals surface area (Å²) in [5.41, 5.74) is 3.55. The maximum atomic E-state index is 11.0. The zero-order chi connectivity index (χ0) is 14.7. The van der Waals surface area contributed by atoms with Gasteiger partial charge in [0.25, 0.3) is 0 Å². The summed E-state index contributed by atoms with van der Waals surface area (Å²) in [6, 6.07) is 19.4. The van der Waals surface area contributed by atoms with Crippen LogP contribution in [0, 0.1) is 0 Å². The van der Waals surface area contributed by atoms with Crippen LogP contribution in [0.3, 0.4) is 0 Å². The number of nitrogens with zero attached hydrogens (tertiary/aromatic N) is 2. The number of rotatable bonds is 3. The Kier molecular flexibility index (Phi) is 3.43. The smallest absolute Gasteiger partial charge is 0.373 e. The highest BCUT2D eigenvalue weighted by Crippen LogP contribution is 2.30. The Morgan fingerprint density at radius 2 is 1.52 bits per heavy atom. The first-order chi connectivity index (χ1) is 10.3. The summed E-state index contributed by atoms with van der Waals surface area (Å²) in [4.78, 5) is 18.9. The fourth-order valence-electron chi connectivity index (χ4n) is 2.19. The standard InChI is InChI=1S/C17H12N2O2/c20-17(21)16-18-11-10-15(19-16)14-9-5-4-8-13(14)12-6-2-1-3-7-12/h1-11H,(H,20,21). The molecule has 0 bridgehead atoms. The van der Waals surface area contributed by atoms with Crippen molar-refractivity contribution in [3.63, 3.8) is 0 Å². The van der Waals surface area contributed by atoms with E-state index >= 15 is 0 Å². The Balaban J connectivity index is 2.16. The minimum Gasteiger partial charge on any atom is -0.475 e. The summed E-state index contributed by atoms with van der Waals surface area (Å²) in [7, 11) is 0. The molecule has 0 unspecified atom stereocenters. The molecule has 1 aromatic heterocycles. The first kappa shape index (κ1) is 13.0. The quantitative estimate of drug-likeness (QED) is 0.795. The molecule has 4 heteroatoms. The Bertz CT molecular complexity index is 786. The van der Waals surface area contributed by atoms with Crippen LogP contribution in [0.25, 0.3) is 22.4 Å². The fraction of sp³-hybridized carbons (Fsp3) is 0. The molecule has 2 aromatic carbocycles. The number of aromatic carboxylic acids is 1. The lowest BCUT2D eigenvalue weighted by atomic mass is 9.97. The van der Waals surface area contributed by atoms with Crippen LogP contribution in [0.15, 0.2) is 66.9 Å². The van der Waals surface area contributed by atoms with Crippen molar-refractivity contribution in [2.75, 3.05) is 0 Å². The van der Waals surface area contributed by atoms with Crippen molar-refractivity contribution < 1.29 is 9.90 Å². The molecule has 3 aromatic rings. The van der Waals surface area contributed by atoms with Crippen LogP contribution in [-0.4, -0.2) is 21.0 Å². The number of benzene rings is 2. The van der Waals surface area contributed by atoms with Crippen molar-refractivity contribution in [3.05, 3.63) is 72.7 Å². The molecule has 0 atom stereocenters. The second-order valence-corrected chi connectivity index (χ2v) is 4.48. The summed E-state index contributed by atoms with van der Waals surface area (Å²) in [6.45, 7) is 0. The van der Waals surface area contributed by atoms with Gasteiger partial charge in [-0.15, -0.1) is 0 Å². The molecule has 4 nitrogen and oxygen atoms in total. The molecule has 102 valence electrons. The minimum atomic E-state index is -1.13. The maximum Gasteiger partial charge on any atom is 0.373 e. The van der Waals surface area contributed by atoms with E-state index in [0.717, 1.165) is 16.7 Å². The Hall–Kier alpha value is -3.01. The number of hydrogen-bond donors (Lipinski definition) is 1. The van der Waals surface area contributed by atoms with Crippen LogP contribution in [-0.2, 0) is 0 Å². The Morgan fingerprint density at radius 3 is 2.24 bits per heavy atom. The first-order valence-electron chi connectivity index (χ1n) is 6.47. The molecule has 3 rings (SSSR count). The average Bonchev–Trinajstić information content (AvgIpc) is 2.56. The molecule has 21 heavy (non-hydrogen) atoms. The third-order valence-corrected chi connectivity index (χ3v) is 3.13. The highest BCUT2D eigenvalue weighted by atomic mass is 16.4. The van der Waals surface area contributed by atoms with Gasteiger partial charge in [-0.25, -0.2) is 14.8 Å². The van der Waals surface area contributed by atoms with Crippen molar-refractivity contribution in [1.29, 1.82) is 0 Å². The summed E-state index contributed by atoms with van der Waals surface area (Å²) >= 11 is 0. The monoisotopic (exact) mass is 276 g/mol. The Morgan fingerprint density at radius 1 is 0.857 bits per heavy atom. The van der Waals surface area contributed by atoms with Gasteiger partial charge in [-0.2, -0.15) is 0 Å². The first-order valence-corrected chi connectivity index (χ1v) is 6.47. The van der Waals surface area contributed by atoms with E-state index in [1.807, 2.05) is 54.6 Å². The fourth-order valence-corrected chi connectivity index (χ4v) is 2.19. The van der Waals surface area contributed by atoms with Crippen LogP contribution in [0.1, 0.15) is 10.6 Å². The third-order valence-electron chi connectivity index (χ3n) is 3.13. The van der Waals surface area contributed by atoms with Gasteiger partial charge in [-0.3, -0.25) is 0 Å². The van der Waals surface area contributed by atoms with Gasteiger partial charge in [0.15, 0.2) is 0 Å². The number of hydrogen-bond acceptors (Lipinski definition) is 3. The normalized spacial score (nSPS) is 10.3. The van der Waals surface area contributed by atoms with E-state index in [1.165, 1.54) is 6.20 Å². The molecule has 0 aliphatic rings. The zero-order valence-electron chi connectivity index (χ0n) is 11.1. The van der Waals surface area contributed by atoms with Gasteiger partial charge >= 0.3 is 5.97 Å². The van der Waals surface area contributed by atoms with Gasteiger partial charge in [0.2, 0.25) is 5.82 Å². The molecule has 0 aliphatic carbocycles. The molecule has 0 aliphatic heterocycles. The van der Waals surface area contributed by atoms with Gasteiger partial charge in [0.1, 0.15) is 0 Å². The van der Waals surface area contributed by atoms with E-state index in [1.54, 1.807) is 6.07 Å². The zero-order valence-corrected chi connectivity index (χ0v) is 11.1. The summed E-state index contributed by atoms with van der Waals surface area (Å²) in [5.74, 6) is -1.33. The molecule has 0 amide bonds. The van der Waals surface area contributed by atoms with Crippen molar-refractivity contribution in [3.8, 4) is 22.4 Å². The Labute approximate surface area is 121 Å². The van der Waals surface area contributed by atoms with Crippen molar-refractivity contribution in [2.24, 2.45) is 0 Å². The SMILES string of the molecule is O=C(O)c1nccc(-c2ccccc2-c2ccccc2)n1. The van der Waals surface area contributed by atoms with Crippen molar-refractivity contribution in [1.82, 2.24) is 9.97 Å². The number of carbonyl (C=O) groups is 1. The lowest BCUT2D eigenvalue weighted by molar-refractivity contribution is 0.0683. The average molecular weight is 276 g/mol. The molecule has 1 N–H and O–H groups in total. The van der Waals surface area contributed by atoms with Gasteiger partial charge < -0.3 is 5.11 Å². The van der Waals surface area contributed by atoms with E-state index in [0.29, 0.717) is 5.69 Å². The van der Waals surface area contributed by atoms with Crippen molar-refractivity contribution in [2.45, 2.75) is 0 Å². The second-order valence-electron chi connectivity index (χ2n) is 4.48. The number of carboxylic acid groups (broad SMARTS) is 1. The summed E-state index contributed by atoms with van der Waals surface area (Å²) in [5, 5.41) is 9.02. The molecule has 0 fully saturated rings. The summed E-state index contributed by atoms with van der Waals surface area (Å²) in [6.07, 6.45) is 1.47. The lowest BCUT2D eigenvalue weighted by Crippen LogP contribution is -2.04. The van der Waals surface area contributed by atoms with Crippen LogP contribution >= 0.6 is 0 Å². The largest absolute Gasteiger partial charge is 0.475 e. The predicted molar refractivity (Wildman–Crippen MR) is 79.9 cm³/mol. The molecule has 0 radical (unpaired) electrons. The van der Waals surface area contributed by atoms with Gasteiger partial charge in [0.05, 0.1) is 5.69 Å². The predicted octanol–water partition coefficient (Wildman–Crippen LogP) is 3.51. The van der Waals surface area contributed by atoms with Gasteiger partial charge in [-0.1, -0.05) is 54.6 Å². The van der Waals surface area contributed by atoms with Crippen LogP contribution in [0.4, 0.5) is 0 Å². The maximum absolute atomic E-state index is 11.0. The number of aromatic nitrogens is 2. The van der Waals surface area contributed by atoms with E-state index in [2.05, 4.69) is 9.97 Å². The van der Waals surface area contributed by atoms with Crippen molar-refractivity contribution >= 4 is 5.97 Å². The summed E-state index contributed by atoms with van der Waals surface area (Å²) < 4.78 is 0. The van der Waals surface area contributed by atoms with Crippen LogP contribution in [0.2, 0.25) is 0 Å². The van der Waals surface area contributed by atoms with Gasteiger partial charge in [0, 0.05) is 11.8 Å². The highest BCUT2D eigenvalue weighted by molar-refractivity contribution is 5.86. The van der Waals surface area contributed by atoms with E-state index in [-0.39, 0.29) is 5.82 Å². The molecule has 0 saturated heterocycles. The van der Waals surface area contributed by atoms with Crippen LogP contribution in [0.5, 0.6) is 0 Å². The molecular weight excluding hydrogens is 264 g/mol. The topological polar surface area (TPSA) is 63.1 Å². The van der Waals surface area contributed by atoms with E-state index in [4.69, 9.17) is 5.11 Å². The molecular formula is C17H12N2O2. The van der Waals surface area contributed by atoms with Gasteiger partial charge in [-0.05, 0) is 17.2 Å².